The third-order valence-corrected chi connectivity index (χ3v) is 1.93. The van der Waals surface area contributed by atoms with Crippen LogP contribution in [-0.4, -0.2) is 19.7 Å². The molecule has 0 saturated carbocycles. The minimum absolute atomic E-state index is 0.253. The van der Waals surface area contributed by atoms with E-state index < -0.39 is 5.97 Å². The minimum Gasteiger partial charge on any atom is -0.494 e. The average Bonchev–Trinajstić information content (AvgIpc) is 2.22. The molecule has 0 amide bonds. The Kier molecular flexibility index (Phi) is 3.38. The van der Waals surface area contributed by atoms with E-state index in [9.17, 15) is 4.79 Å². The van der Waals surface area contributed by atoms with Gasteiger partial charge in [-0.2, -0.15) is 0 Å². The number of esters is 1. The van der Waals surface area contributed by atoms with Crippen LogP contribution in [0, 0.1) is 0 Å². The number of methoxy groups -OCH3 is 1. The first kappa shape index (κ1) is 11.2. The Labute approximate surface area is 88.0 Å². The van der Waals surface area contributed by atoms with Gasteiger partial charge in [0.1, 0.15) is 5.56 Å². The normalized spacial score (nSPS) is 9.73. The van der Waals surface area contributed by atoms with Gasteiger partial charge in [-0.3, -0.25) is 0 Å². The number of carbonyl (C=O) groups excluding carboxylic acids is 1. The molecule has 0 saturated heterocycles. The number of nitrogens with two attached hydrogens (primary N) is 2. The molecule has 1 rings (SSSR count). The van der Waals surface area contributed by atoms with Gasteiger partial charge in [-0.05, 0) is 19.1 Å². The first-order valence-corrected chi connectivity index (χ1v) is 4.50. The number of ether oxygens (including phenoxy) is 2. The van der Waals surface area contributed by atoms with Crippen LogP contribution in [0.1, 0.15) is 17.3 Å². The lowest BCUT2D eigenvalue weighted by atomic mass is 10.1. The van der Waals surface area contributed by atoms with Crippen molar-refractivity contribution in [3.05, 3.63) is 17.7 Å². The Balaban J connectivity index is 3.18. The van der Waals surface area contributed by atoms with Gasteiger partial charge in [0.25, 0.3) is 0 Å². The van der Waals surface area contributed by atoms with Crippen LogP contribution in [0.25, 0.3) is 0 Å². The molecule has 0 heterocycles. The zero-order chi connectivity index (χ0) is 11.4. The molecule has 0 atom stereocenters. The van der Waals surface area contributed by atoms with Gasteiger partial charge in [-0.1, -0.05) is 0 Å². The fourth-order valence-corrected chi connectivity index (χ4v) is 1.20. The lowest BCUT2D eigenvalue weighted by Gasteiger charge is -2.11. The van der Waals surface area contributed by atoms with Crippen molar-refractivity contribution in [3.8, 4) is 5.75 Å². The van der Waals surface area contributed by atoms with E-state index >= 15 is 0 Å². The van der Waals surface area contributed by atoms with Gasteiger partial charge < -0.3 is 20.9 Å². The van der Waals surface area contributed by atoms with Crippen LogP contribution in [0.4, 0.5) is 11.4 Å². The zero-order valence-corrected chi connectivity index (χ0v) is 8.74. The standard InChI is InChI=1S/C10H14N2O3/c1-3-15-10(13)6-4-5-7(11)8(12)9(6)14-2/h4-5H,3,11-12H2,1-2H3. The maximum Gasteiger partial charge on any atom is 0.341 e. The third kappa shape index (κ3) is 2.12. The minimum atomic E-state index is -0.471. The summed E-state index contributed by atoms with van der Waals surface area (Å²) in [5.74, 6) is -0.213. The summed E-state index contributed by atoms with van der Waals surface area (Å²) in [5.41, 5.74) is 12.2. The summed E-state index contributed by atoms with van der Waals surface area (Å²) in [5, 5.41) is 0. The molecule has 0 fully saturated rings. The summed E-state index contributed by atoms with van der Waals surface area (Å²) >= 11 is 0. The fourth-order valence-electron chi connectivity index (χ4n) is 1.20. The highest BCUT2D eigenvalue weighted by molar-refractivity contribution is 5.96. The topological polar surface area (TPSA) is 87.6 Å². The summed E-state index contributed by atoms with van der Waals surface area (Å²) in [6.45, 7) is 2.03. The van der Waals surface area contributed by atoms with E-state index in [0.29, 0.717) is 12.3 Å². The largest absolute Gasteiger partial charge is 0.494 e. The van der Waals surface area contributed by atoms with Gasteiger partial charge in [0, 0.05) is 0 Å². The van der Waals surface area contributed by atoms with Crippen LogP contribution in [0.2, 0.25) is 0 Å². The number of nitrogen functional groups attached to an aromatic ring is 2. The Morgan fingerprint density at radius 1 is 1.40 bits per heavy atom. The SMILES string of the molecule is CCOC(=O)c1ccc(N)c(N)c1OC. The molecule has 5 heteroatoms. The van der Waals surface area contributed by atoms with E-state index in [2.05, 4.69) is 0 Å². The molecule has 15 heavy (non-hydrogen) atoms. The maximum atomic E-state index is 11.5. The second-order valence-electron chi connectivity index (χ2n) is 2.87. The van der Waals surface area contributed by atoms with Crippen LogP contribution in [0.3, 0.4) is 0 Å². The molecule has 0 aromatic heterocycles. The van der Waals surface area contributed by atoms with Crippen molar-refractivity contribution in [1.82, 2.24) is 0 Å². The predicted molar refractivity (Wildman–Crippen MR) is 57.8 cm³/mol. The van der Waals surface area contributed by atoms with E-state index in [1.807, 2.05) is 0 Å². The molecule has 1 aromatic carbocycles. The quantitative estimate of drug-likeness (QED) is 0.574. The molecular weight excluding hydrogens is 196 g/mol. The highest BCUT2D eigenvalue weighted by Gasteiger charge is 2.17. The number of carbonyl (C=O) groups is 1. The zero-order valence-electron chi connectivity index (χ0n) is 8.74. The van der Waals surface area contributed by atoms with Crippen molar-refractivity contribution >= 4 is 17.3 Å². The van der Waals surface area contributed by atoms with Gasteiger partial charge in [0.15, 0.2) is 5.75 Å². The van der Waals surface area contributed by atoms with E-state index in [4.69, 9.17) is 20.9 Å². The Bertz CT molecular complexity index is 377. The molecule has 0 aliphatic rings. The average molecular weight is 210 g/mol. The number of hydrogen-bond acceptors (Lipinski definition) is 5. The van der Waals surface area contributed by atoms with Gasteiger partial charge in [0.05, 0.1) is 25.1 Å². The van der Waals surface area contributed by atoms with Crippen LogP contribution < -0.4 is 16.2 Å². The van der Waals surface area contributed by atoms with Gasteiger partial charge in [0.2, 0.25) is 0 Å². The van der Waals surface area contributed by atoms with E-state index in [0.717, 1.165) is 0 Å². The highest BCUT2D eigenvalue weighted by Crippen LogP contribution is 2.31. The van der Waals surface area contributed by atoms with Crippen LogP contribution in [-0.2, 0) is 4.74 Å². The van der Waals surface area contributed by atoms with E-state index in [1.165, 1.54) is 13.2 Å². The lowest BCUT2D eigenvalue weighted by Crippen LogP contribution is -2.09. The van der Waals surface area contributed by atoms with Crippen molar-refractivity contribution in [2.75, 3.05) is 25.2 Å². The number of rotatable bonds is 3. The van der Waals surface area contributed by atoms with Crippen LogP contribution >= 0.6 is 0 Å². The molecule has 0 aliphatic heterocycles. The van der Waals surface area contributed by atoms with Crippen LogP contribution in [0.15, 0.2) is 12.1 Å². The monoisotopic (exact) mass is 210 g/mol. The maximum absolute atomic E-state index is 11.5. The van der Waals surface area contributed by atoms with Crippen molar-refractivity contribution < 1.29 is 14.3 Å². The second-order valence-corrected chi connectivity index (χ2v) is 2.87. The molecule has 5 nitrogen and oxygen atoms in total. The van der Waals surface area contributed by atoms with E-state index in [1.54, 1.807) is 13.0 Å². The summed E-state index contributed by atoms with van der Waals surface area (Å²) in [6.07, 6.45) is 0. The van der Waals surface area contributed by atoms with Crippen molar-refractivity contribution in [3.63, 3.8) is 0 Å². The molecule has 0 bridgehead atoms. The first-order chi connectivity index (χ1) is 7.11. The molecule has 0 aliphatic carbocycles. The first-order valence-electron chi connectivity index (χ1n) is 4.50. The summed E-state index contributed by atoms with van der Waals surface area (Å²) in [7, 11) is 1.42. The molecule has 4 N–H and O–H groups in total. The summed E-state index contributed by atoms with van der Waals surface area (Å²) in [4.78, 5) is 11.5. The predicted octanol–water partition coefficient (Wildman–Crippen LogP) is 1.04. The molecular formula is C10H14N2O3. The molecule has 82 valence electrons. The molecule has 0 unspecified atom stereocenters. The number of benzene rings is 1. The Hall–Kier alpha value is -1.91. The summed E-state index contributed by atoms with van der Waals surface area (Å²) in [6, 6.07) is 3.08. The second kappa shape index (κ2) is 4.54. The van der Waals surface area contributed by atoms with E-state index in [-0.39, 0.29) is 17.0 Å². The van der Waals surface area contributed by atoms with Gasteiger partial charge in [-0.25, -0.2) is 4.79 Å². The fraction of sp³-hybridized carbons (Fsp3) is 0.300. The van der Waals surface area contributed by atoms with Crippen molar-refractivity contribution in [2.24, 2.45) is 0 Å². The van der Waals surface area contributed by atoms with Crippen LogP contribution in [0.5, 0.6) is 5.75 Å². The number of anilines is 2. The van der Waals surface area contributed by atoms with Crippen molar-refractivity contribution in [2.45, 2.75) is 6.92 Å². The summed E-state index contributed by atoms with van der Waals surface area (Å²) < 4.78 is 9.87. The Morgan fingerprint density at radius 3 is 2.60 bits per heavy atom. The third-order valence-electron chi connectivity index (χ3n) is 1.93. The number of hydrogen-bond donors (Lipinski definition) is 2. The smallest absolute Gasteiger partial charge is 0.341 e. The lowest BCUT2D eigenvalue weighted by molar-refractivity contribution is 0.0523. The van der Waals surface area contributed by atoms with Gasteiger partial charge >= 0.3 is 5.97 Å². The van der Waals surface area contributed by atoms with Gasteiger partial charge in [-0.15, -0.1) is 0 Å². The highest BCUT2D eigenvalue weighted by atomic mass is 16.5. The molecule has 0 radical (unpaired) electrons. The molecule has 0 spiro atoms. The Morgan fingerprint density at radius 2 is 2.07 bits per heavy atom. The van der Waals surface area contributed by atoms with Crippen molar-refractivity contribution in [1.29, 1.82) is 0 Å². The molecule has 1 aromatic rings.